The molecule has 1 aliphatic heterocycles. The Labute approximate surface area is 99.1 Å². The van der Waals surface area contributed by atoms with Gasteiger partial charge in [-0.3, -0.25) is 4.79 Å². The van der Waals surface area contributed by atoms with Crippen molar-refractivity contribution in [2.24, 2.45) is 5.92 Å². The number of hydrogen-bond donors (Lipinski definition) is 0. The summed E-state index contributed by atoms with van der Waals surface area (Å²) in [5.74, 6) is 1.31. The topological polar surface area (TPSA) is 26.3 Å². The predicted molar refractivity (Wildman–Crippen MR) is 66.2 cm³/mol. The number of allylic oxidation sites excluding steroid dienone is 2. The van der Waals surface area contributed by atoms with E-state index in [1.165, 1.54) is 12.8 Å². The Morgan fingerprint density at radius 3 is 2.62 bits per heavy atom. The Morgan fingerprint density at radius 1 is 1.25 bits per heavy atom. The van der Waals surface area contributed by atoms with Gasteiger partial charge in [-0.1, -0.05) is 39.5 Å². The number of ketones is 1. The van der Waals surface area contributed by atoms with E-state index >= 15 is 0 Å². The lowest BCUT2D eigenvalue weighted by atomic mass is 9.95. The molecule has 16 heavy (non-hydrogen) atoms. The Kier molecular flexibility index (Phi) is 6.20. The van der Waals surface area contributed by atoms with Crippen LogP contribution in [0.5, 0.6) is 0 Å². The van der Waals surface area contributed by atoms with Crippen LogP contribution in [0.2, 0.25) is 0 Å². The van der Waals surface area contributed by atoms with Crippen LogP contribution < -0.4 is 0 Å². The third-order valence-electron chi connectivity index (χ3n) is 3.11. The smallest absolute Gasteiger partial charge is 0.165 e. The van der Waals surface area contributed by atoms with Gasteiger partial charge in [0.2, 0.25) is 0 Å². The molecular formula is C14H24O2. The van der Waals surface area contributed by atoms with Crippen molar-refractivity contribution >= 4 is 5.78 Å². The lowest BCUT2D eigenvalue weighted by molar-refractivity contribution is -0.121. The van der Waals surface area contributed by atoms with E-state index in [2.05, 4.69) is 13.8 Å². The fraction of sp³-hybridized carbons (Fsp3) is 0.786. The van der Waals surface area contributed by atoms with Crippen LogP contribution in [0.25, 0.3) is 0 Å². The molecule has 2 nitrogen and oxygen atoms in total. The van der Waals surface area contributed by atoms with Gasteiger partial charge < -0.3 is 4.74 Å². The van der Waals surface area contributed by atoms with E-state index in [0.29, 0.717) is 6.61 Å². The standard InChI is InChI=1S/C14H24O2/c1-3-5-7-9-13-10-14(15)12(11-16-13)8-6-4-2/h10,12H,3-9,11H2,1-2H3. The third-order valence-corrected chi connectivity index (χ3v) is 3.11. The molecule has 1 rings (SSSR count). The zero-order valence-electron chi connectivity index (χ0n) is 10.6. The van der Waals surface area contributed by atoms with Gasteiger partial charge >= 0.3 is 0 Å². The zero-order valence-corrected chi connectivity index (χ0v) is 10.6. The van der Waals surface area contributed by atoms with Crippen LogP contribution in [0, 0.1) is 5.92 Å². The molecule has 0 bridgehead atoms. The van der Waals surface area contributed by atoms with Crippen LogP contribution >= 0.6 is 0 Å². The maximum atomic E-state index is 11.8. The number of unbranched alkanes of at least 4 members (excludes halogenated alkanes) is 3. The summed E-state index contributed by atoms with van der Waals surface area (Å²) in [6, 6.07) is 0. The number of ether oxygens (including phenoxy) is 1. The monoisotopic (exact) mass is 224 g/mol. The van der Waals surface area contributed by atoms with Crippen LogP contribution in [0.3, 0.4) is 0 Å². The van der Waals surface area contributed by atoms with Crippen molar-refractivity contribution in [1.82, 2.24) is 0 Å². The molecule has 1 unspecified atom stereocenters. The Balaban J connectivity index is 2.33. The van der Waals surface area contributed by atoms with E-state index in [0.717, 1.165) is 37.9 Å². The average molecular weight is 224 g/mol. The molecule has 1 heterocycles. The van der Waals surface area contributed by atoms with Gasteiger partial charge in [0.1, 0.15) is 0 Å². The number of carbonyl (C=O) groups excluding carboxylic acids is 1. The molecule has 0 saturated carbocycles. The normalized spacial score (nSPS) is 20.5. The van der Waals surface area contributed by atoms with E-state index in [1.807, 2.05) is 0 Å². The maximum Gasteiger partial charge on any atom is 0.165 e. The van der Waals surface area contributed by atoms with Gasteiger partial charge in [-0.15, -0.1) is 0 Å². The first-order valence-corrected chi connectivity index (χ1v) is 6.65. The minimum absolute atomic E-state index is 0.120. The van der Waals surface area contributed by atoms with Crippen molar-refractivity contribution < 1.29 is 9.53 Å². The second-order valence-corrected chi connectivity index (χ2v) is 4.62. The highest BCUT2D eigenvalue weighted by atomic mass is 16.5. The largest absolute Gasteiger partial charge is 0.497 e. The fourth-order valence-corrected chi connectivity index (χ4v) is 1.98. The lowest BCUT2D eigenvalue weighted by Crippen LogP contribution is -2.23. The van der Waals surface area contributed by atoms with Crippen molar-refractivity contribution in [3.63, 3.8) is 0 Å². The van der Waals surface area contributed by atoms with Gasteiger partial charge in [0.25, 0.3) is 0 Å². The summed E-state index contributed by atoms with van der Waals surface area (Å²) in [4.78, 5) is 11.8. The van der Waals surface area contributed by atoms with E-state index in [1.54, 1.807) is 6.08 Å². The molecule has 0 aromatic carbocycles. The van der Waals surface area contributed by atoms with Crippen molar-refractivity contribution in [1.29, 1.82) is 0 Å². The molecule has 1 atom stereocenters. The van der Waals surface area contributed by atoms with Crippen molar-refractivity contribution in [3.05, 3.63) is 11.8 Å². The fourth-order valence-electron chi connectivity index (χ4n) is 1.98. The summed E-state index contributed by atoms with van der Waals surface area (Å²) in [5.41, 5.74) is 0. The van der Waals surface area contributed by atoms with E-state index in [4.69, 9.17) is 4.74 Å². The SMILES string of the molecule is CCCCCC1=CC(=O)C(CCCC)CO1. The summed E-state index contributed by atoms with van der Waals surface area (Å²) >= 11 is 0. The van der Waals surface area contributed by atoms with Gasteiger partial charge in [0, 0.05) is 12.5 Å². The summed E-state index contributed by atoms with van der Waals surface area (Å²) in [6.07, 6.45) is 9.48. The number of carbonyl (C=O) groups is 1. The third kappa shape index (κ3) is 4.38. The first-order valence-electron chi connectivity index (χ1n) is 6.65. The second-order valence-electron chi connectivity index (χ2n) is 4.62. The highest BCUT2D eigenvalue weighted by Gasteiger charge is 2.22. The van der Waals surface area contributed by atoms with E-state index in [9.17, 15) is 4.79 Å². The van der Waals surface area contributed by atoms with Crippen molar-refractivity contribution in [2.45, 2.75) is 58.8 Å². The van der Waals surface area contributed by atoms with Crippen LogP contribution in [0.15, 0.2) is 11.8 Å². The van der Waals surface area contributed by atoms with Gasteiger partial charge in [0.05, 0.1) is 18.3 Å². The molecular weight excluding hydrogens is 200 g/mol. The molecule has 0 fully saturated rings. The lowest BCUT2D eigenvalue weighted by Gasteiger charge is -2.21. The minimum atomic E-state index is 0.120. The molecule has 0 aromatic rings. The Hall–Kier alpha value is -0.790. The number of rotatable bonds is 7. The molecule has 0 radical (unpaired) electrons. The van der Waals surface area contributed by atoms with Crippen molar-refractivity contribution in [3.8, 4) is 0 Å². The predicted octanol–water partition coefficient (Wildman–Crippen LogP) is 3.86. The van der Waals surface area contributed by atoms with Crippen LogP contribution in [0.1, 0.15) is 58.8 Å². The van der Waals surface area contributed by atoms with Crippen LogP contribution in [-0.2, 0) is 9.53 Å². The highest BCUT2D eigenvalue weighted by molar-refractivity contribution is 5.92. The van der Waals surface area contributed by atoms with Crippen LogP contribution in [0.4, 0.5) is 0 Å². The zero-order chi connectivity index (χ0) is 11.8. The van der Waals surface area contributed by atoms with Gasteiger partial charge in [-0.25, -0.2) is 0 Å². The van der Waals surface area contributed by atoms with Gasteiger partial charge in [-0.05, 0) is 12.8 Å². The molecule has 0 amide bonds. The quantitative estimate of drug-likeness (QED) is 0.614. The van der Waals surface area contributed by atoms with Gasteiger partial charge in [-0.2, -0.15) is 0 Å². The Bertz CT molecular complexity index is 243. The van der Waals surface area contributed by atoms with E-state index in [-0.39, 0.29) is 11.7 Å². The van der Waals surface area contributed by atoms with Crippen molar-refractivity contribution in [2.75, 3.05) is 6.61 Å². The first kappa shape index (κ1) is 13.3. The molecule has 0 N–H and O–H groups in total. The Morgan fingerprint density at radius 2 is 2.00 bits per heavy atom. The molecule has 0 aromatic heterocycles. The molecule has 2 heteroatoms. The molecule has 92 valence electrons. The molecule has 0 aliphatic carbocycles. The summed E-state index contributed by atoms with van der Waals surface area (Å²) in [5, 5.41) is 0. The highest BCUT2D eigenvalue weighted by Crippen LogP contribution is 2.21. The van der Waals surface area contributed by atoms with E-state index < -0.39 is 0 Å². The minimum Gasteiger partial charge on any atom is -0.497 e. The van der Waals surface area contributed by atoms with Crippen LogP contribution in [-0.4, -0.2) is 12.4 Å². The number of hydrogen-bond acceptors (Lipinski definition) is 2. The summed E-state index contributed by atoms with van der Waals surface area (Å²) in [6.45, 7) is 4.94. The molecule has 0 spiro atoms. The van der Waals surface area contributed by atoms with Gasteiger partial charge in [0.15, 0.2) is 5.78 Å². The molecule has 0 saturated heterocycles. The average Bonchev–Trinajstić information content (AvgIpc) is 2.28. The summed E-state index contributed by atoms with van der Waals surface area (Å²) in [7, 11) is 0. The molecule has 1 aliphatic rings. The second kappa shape index (κ2) is 7.48. The maximum absolute atomic E-state index is 11.8. The summed E-state index contributed by atoms with van der Waals surface area (Å²) < 4.78 is 5.64. The first-order chi connectivity index (χ1) is 7.77.